The van der Waals surface area contributed by atoms with Crippen molar-refractivity contribution in [2.45, 2.75) is 70.8 Å². The molecule has 2 nitrogen and oxygen atoms in total. The van der Waals surface area contributed by atoms with Gasteiger partial charge in [0.05, 0.1) is 0 Å². The van der Waals surface area contributed by atoms with Crippen LogP contribution in [0.25, 0.3) is 0 Å². The molecule has 0 radical (unpaired) electrons. The largest absolute Gasteiger partial charge is 0.324 e. The molecule has 3 N–H and O–H groups in total. The number of nitrogens with one attached hydrogen (secondary N) is 1. The predicted molar refractivity (Wildman–Crippen MR) is 74.0 cm³/mol. The summed E-state index contributed by atoms with van der Waals surface area (Å²) < 4.78 is 0. The minimum absolute atomic E-state index is 0.137. The van der Waals surface area contributed by atoms with E-state index in [1.165, 1.54) is 57.9 Å². The normalized spacial score (nSPS) is 26.1. The highest BCUT2D eigenvalue weighted by Gasteiger charge is 2.36. The van der Waals surface area contributed by atoms with E-state index in [1.54, 1.807) is 0 Å². The lowest BCUT2D eigenvalue weighted by molar-refractivity contribution is 0.192. The highest BCUT2D eigenvalue weighted by Crippen LogP contribution is 2.42. The summed E-state index contributed by atoms with van der Waals surface area (Å²) in [5.41, 5.74) is 7.00. The molecule has 0 bridgehead atoms. The zero-order chi connectivity index (χ0) is 12.4. The third-order valence-electron chi connectivity index (χ3n) is 4.83. The van der Waals surface area contributed by atoms with E-state index in [-0.39, 0.29) is 5.54 Å². The first-order valence-electron chi connectivity index (χ1n) is 7.53. The smallest absolute Gasteiger partial charge is 0.0280 e. The second kappa shape index (κ2) is 5.27. The molecule has 2 rings (SSSR count). The van der Waals surface area contributed by atoms with Gasteiger partial charge in [-0.05, 0) is 49.9 Å². The molecule has 0 unspecified atom stereocenters. The van der Waals surface area contributed by atoms with Crippen molar-refractivity contribution in [1.82, 2.24) is 5.32 Å². The number of nitrogens with two attached hydrogens (primary N) is 1. The molecule has 2 saturated carbocycles. The number of hydrogen-bond acceptors (Lipinski definition) is 2. The van der Waals surface area contributed by atoms with Gasteiger partial charge in [-0.3, -0.25) is 0 Å². The van der Waals surface area contributed by atoms with E-state index in [0.717, 1.165) is 12.5 Å². The van der Waals surface area contributed by atoms with Crippen molar-refractivity contribution < 1.29 is 0 Å². The van der Waals surface area contributed by atoms with Crippen molar-refractivity contribution >= 4 is 0 Å². The van der Waals surface area contributed by atoms with Gasteiger partial charge in [-0.15, -0.1) is 0 Å². The molecule has 0 aromatic rings. The van der Waals surface area contributed by atoms with Gasteiger partial charge in [0.15, 0.2) is 0 Å². The average molecular weight is 238 g/mol. The maximum absolute atomic E-state index is 6.27. The molecule has 0 aliphatic heterocycles. The Kier molecular flexibility index (Phi) is 4.14. The zero-order valence-corrected chi connectivity index (χ0v) is 11.7. The predicted octanol–water partition coefficient (Wildman–Crippen LogP) is 3.06. The Balaban J connectivity index is 1.77. The van der Waals surface area contributed by atoms with E-state index in [1.807, 2.05) is 0 Å². The summed E-state index contributed by atoms with van der Waals surface area (Å²) in [6.45, 7) is 6.95. The Bertz CT molecular complexity index is 237. The van der Waals surface area contributed by atoms with Gasteiger partial charge in [0.2, 0.25) is 0 Å². The van der Waals surface area contributed by atoms with Gasteiger partial charge in [0.1, 0.15) is 0 Å². The van der Waals surface area contributed by atoms with Crippen LogP contribution >= 0.6 is 0 Å². The highest BCUT2D eigenvalue weighted by molar-refractivity contribution is 4.96. The van der Waals surface area contributed by atoms with Crippen LogP contribution in [0, 0.1) is 11.3 Å². The topological polar surface area (TPSA) is 38.0 Å². The molecular formula is C15H30N2. The molecule has 0 aromatic heterocycles. The maximum atomic E-state index is 6.27. The minimum Gasteiger partial charge on any atom is -0.324 e. The molecule has 2 aliphatic carbocycles. The summed E-state index contributed by atoms with van der Waals surface area (Å²) in [6.07, 6.45) is 10.9. The fourth-order valence-electron chi connectivity index (χ4n) is 3.83. The lowest BCUT2D eigenvalue weighted by atomic mass is 9.76. The third-order valence-corrected chi connectivity index (χ3v) is 4.83. The molecule has 2 fully saturated rings. The second-order valence-electron chi connectivity index (χ2n) is 7.12. The summed E-state index contributed by atoms with van der Waals surface area (Å²) in [5.74, 6) is 0.824. The van der Waals surface area contributed by atoms with Crippen molar-refractivity contribution in [2.75, 3.05) is 13.1 Å². The number of rotatable bonds is 6. The quantitative estimate of drug-likeness (QED) is 0.746. The van der Waals surface area contributed by atoms with E-state index in [0.29, 0.717) is 5.41 Å². The van der Waals surface area contributed by atoms with E-state index in [9.17, 15) is 0 Å². The van der Waals surface area contributed by atoms with E-state index in [2.05, 4.69) is 19.2 Å². The Morgan fingerprint density at radius 1 is 1.00 bits per heavy atom. The van der Waals surface area contributed by atoms with Crippen molar-refractivity contribution in [3.8, 4) is 0 Å². The van der Waals surface area contributed by atoms with Crippen molar-refractivity contribution in [2.24, 2.45) is 17.1 Å². The van der Waals surface area contributed by atoms with Gasteiger partial charge in [-0.2, -0.15) is 0 Å². The molecule has 0 saturated heterocycles. The zero-order valence-electron chi connectivity index (χ0n) is 11.7. The van der Waals surface area contributed by atoms with Crippen LogP contribution in [0.1, 0.15) is 65.2 Å². The van der Waals surface area contributed by atoms with E-state index < -0.39 is 0 Å². The van der Waals surface area contributed by atoms with Crippen molar-refractivity contribution in [3.63, 3.8) is 0 Å². The van der Waals surface area contributed by atoms with Gasteiger partial charge in [-0.1, -0.05) is 26.7 Å². The fourth-order valence-corrected chi connectivity index (χ4v) is 3.83. The molecule has 2 aliphatic rings. The van der Waals surface area contributed by atoms with Crippen LogP contribution in [0.4, 0.5) is 0 Å². The molecule has 0 aromatic carbocycles. The summed E-state index contributed by atoms with van der Waals surface area (Å²) in [7, 11) is 0. The monoisotopic (exact) mass is 238 g/mol. The molecule has 100 valence electrons. The Labute approximate surface area is 107 Å². The van der Waals surface area contributed by atoms with Crippen LogP contribution in [-0.2, 0) is 0 Å². The molecule has 17 heavy (non-hydrogen) atoms. The van der Waals surface area contributed by atoms with E-state index in [4.69, 9.17) is 5.73 Å². The van der Waals surface area contributed by atoms with Crippen molar-refractivity contribution in [1.29, 1.82) is 0 Å². The second-order valence-corrected chi connectivity index (χ2v) is 7.12. The Morgan fingerprint density at radius 3 is 2.12 bits per heavy atom. The molecule has 0 heterocycles. The first-order chi connectivity index (χ1) is 8.04. The van der Waals surface area contributed by atoms with E-state index >= 15 is 0 Å². The standard InChI is InChI=1S/C15H30N2/c1-13(2)10-14(6-3-4-7-14)11-17-12-15(16)8-5-9-15/h13,17H,3-12,16H2,1-2H3. The fraction of sp³-hybridized carbons (Fsp3) is 1.00. The lowest BCUT2D eigenvalue weighted by Crippen LogP contribution is -2.55. The average Bonchev–Trinajstić information content (AvgIpc) is 2.63. The maximum Gasteiger partial charge on any atom is 0.0280 e. The van der Waals surface area contributed by atoms with Crippen LogP contribution in [0.3, 0.4) is 0 Å². The summed E-state index contributed by atoms with van der Waals surface area (Å²) in [6, 6.07) is 0. The van der Waals surface area contributed by atoms with Gasteiger partial charge < -0.3 is 11.1 Å². The summed E-state index contributed by atoms with van der Waals surface area (Å²) in [4.78, 5) is 0. The van der Waals surface area contributed by atoms with Crippen LogP contribution in [0.15, 0.2) is 0 Å². The van der Waals surface area contributed by atoms with Gasteiger partial charge >= 0.3 is 0 Å². The van der Waals surface area contributed by atoms with Crippen LogP contribution < -0.4 is 11.1 Å². The minimum atomic E-state index is 0.137. The molecule has 0 spiro atoms. The molecular weight excluding hydrogens is 208 g/mol. The first kappa shape index (κ1) is 13.4. The Hall–Kier alpha value is -0.0800. The number of hydrogen-bond donors (Lipinski definition) is 2. The molecule has 0 atom stereocenters. The molecule has 2 heteroatoms. The van der Waals surface area contributed by atoms with Crippen molar-refractivity contribution in [3.05, 3.63) is 0 Å². The first-order valence-corrected chi connectivity index (χ1v) is 7.53. The van der Waals surface area contributed by atoms with Crippen LogP contribution in [0.2, 0.25) is 0 Å². The lowest BCUT2D eigenvalue weighted by Gasteiger charge is -2.40. The SMILES string of the molecule is CC(C)CC1(CNCC2(N)CCC2)CCCC1. The van der Waals surface area contributed by atoms with Crippen LogP contribution in [-0.4, -0.2) is 18.6 Å². The van der Waals surface area contributed by atoms with Gasteiger partial charge in [0, 0.05) is 18.6 Å². The third kappa shape index (κ3) is 3.45. The Morgan fingerprint density at radius 2 is 1.65 bits per heavy atom. The van der Waals surface area contributed by atoms with Gasteiger partial charge in [0.25, 0.3) is 0 Å². The molecule has 0 amide bonds. The highest BCUT2D eigenvalue weighted by atomic mass is 15.0. The summed E-state index contributed by atoms with van der Waals surface area (Å²) in [5, 5.41) is 3.69. The van der Waals surface area contributed by atoms with Crippen LogP contribution in [0.5, 0.6) is 0 Å². The summed E-state index contributed by atoms with van der Waals surface area (Å²) >= 11 is 0. The van der Waals surface area contributed by atoms with Gasteiger partial charge in [-0.25, -0.2) is 0 Å².